The third-order valence-electron chi connectivity index (χ3n) is 3.95. The van der Waals surface area contributed by atoms with Gasteiger partial charge >= 0.3 is 0 Å². The molecule has 3 atom stereocenters. The topological polar surface area (TPSA) is 9.23 Å². The Balaban J connectivity index is 1.82. The SMILES string of the molecule is C[C@H]1C[C@@H](c2ccccc2)C[C@H](c2ccccc2)O1. The van der Waals surface area contributed by atoms with Crippen molar-refractivity contribution in [1.29, 1.82) is 0 Å². The van der Waals surface area contributed by atoms with Gasteiger partial charge in [0.15, 0.2) is 0 Å². The van der Waals surface area contributed by atoms with Crippen molar-refractivity contribution < 1.29 is 4.74 Å². The van der Waals surface area contributed by atoms with E-state index in [1.54, 1.807) is 0 Å². The summed E-state index contributed by atoms with van der Waals surface area (Å²) in [7, 11) is 0. The van der Waals surface area contributed by atoms with Gasteiger partial charge in [0.1, 0.15) is 0 Å². The average Bonchev–Trinajstić information content (AvgIpc) is 2.48. The molecular formula is C18H20O. The number of hydrogen-bond donors (Lipinski definition) is 0. The highest BCUT2D eigenvalue weighted by Crippen LogP contribution is 2.39. The van der Waals surface area contributed by atoms with Gasteiger partial charge in [0, 0.05) is 0 Å². The zero-order valence-corrected chi connectivity index (χ0v) is 11.3. The van der Waals surface area contributed by atoms with E-state index in [0.717, 1.165) is 12.8 Å². The van der Waals surface area contributed by atoms with Crippen molar-refractivity contribution in [3.05, 3.63) is 71.8 Å². The maximum atomic E-state index is 6.12. The van der Waals surface area contributed by atoms with Crippen molar-refractivity contribution in [2.45, 2.75) is 37.9 Å². The summed E-state index contributed by atoms with van der Waals surface area (Å²) in [5, 5.41) is 0. The van der Waals surface area contributed by atoms with Crippen LogP contribution in [-0.2, 0) is 4.74 Å². The number of rotatable bonds is 2. The summed E-state index contributed by atoms with van der Waals surface area (Å²) in [6, 6.07) is 21.4. The second-order valence-electron chi connectivity index (χ2n) is 5.43. The van der Waals surface area contributed by atoms with Crippen LogP contribution in [-0.4, -0.2) is 6.10 Å². The zero-order chi connectivity index (χ0) is 13.1. The quantitative estimate of drug-likeness (QED) is 0.752. The van der Waals surface area contributed by atoms with Crippen molar-refractivity contribution in [2.24, 2.45) is 0 Å². The second-order valence-corrected chi connectivity index (χ2v) is 5.43. The van der Waals surface area contributed by atoms with Crippen LogP contribution in [0, 0.1) is 0 Å². The van der Waals surface area contributed by atoms with E-state index in [9.17, 15) is 0 Å². The van der Waals surface area contributed by atoms with Crippen molar-refractivity contribution in [3.63, 3.8) is 0 Å². The molecule has 1 heterocycles. The van der Waals surface area contributed by atoms with Gasteiger partial charge in [-0.05, 0) is 36.8 Å². The lowest BCUT2D eigenvalue weighted by Crippen LogP contribution is -2.25. The normalized spacial score (nSPS) is 27.1. The highest BCUT2D eigenvalue weighted by Gasteiger charge is 2.28. The van der Waals surface area contributed by atoms with Crippen molar-refractivity contribution in [2.75, 3.05) is 0 Å². The lowest BCUT2D eigenvalue weighted by molar-refractivity contribution is -0.0500. The van der Waals surface area contributed by atoms with Gasteiger partial charge in [-0.15, -0.1) is 0 Å². The molecule has 1 saturated heterocycles. The Hall–Kier alpha value is -1.60. The van der Waals surface area contributed by atoms with Crippen LogP contribution in [0.1, 0.15) is 42.9 Å². The minimum Gasteiger partial charge on any atom is -0.371 e. The third kappa shape index (κ3) is 2.87. The Bertz CT molecular complexity index is 458. The molecule has 3 rings (SSSR count). The Morgan fingerprint density at radius 1 is 0.789 bits per heavy atom. The zero-order valence-electron chi connectivity index (χ0n) is 11.3. The van der Waals surface area contributed by atoms with E-state index in [4.69, 9.17) is 4.74 Å². The van der Waals surface area contributed by atoms with Crippen LogP contribution >= 0.6 is 0 Å². The van der Waals surface area contributed by atoms with Crippen molar-refractivity contribution in [1.82, 2.24) is 0 Å². The molecule has 1 heteroatoms. The van der Waals surface area contributed by atoms with Gasteiger partial charge < -0.3 is 4.74 Å². The van der Waals surface area contributed by atoms with Crippen LogP contribution in [0.15, 0.2) is 60.7 Å². The van der Waals surface area contributed by atoms with E-state index < -0.39 is 0 Å². The van der Waals surface area contributed by atoms with Gasteiger partial charge in [-0.1, -0.05) is 60.7 Å². The molecule has 0 N–H and O–H groups in total. The van der Waals surface area contributed by atoms with E-state index >= 15 is 0 Å². The first-order valence-corrected chi connectivity index (χ1v) is 7.08. The lowest BCUT2D eigenvalue weighted by atomic mass is 9.84. The van der Waals surface area contributed by atoms with Gasteiger partial charge in [-0.25, -0.2) is 0 Å². The summed E-state index contributed by atoms with van der Waals surface area (Å²) < 4.78 is 6.12. The van der Waals surface area contributed by atoms with Crippen LogP contribution < -0.4 is 0 Å². The summed E-state index contributed by atoms with van der Waals surface area (Å²) in [6.07, 6.45) is 2.76. The number of ether oxygens (including phenoxy) is 1. The highest BCUT2D eigenvalue weighted by atomic mass is 16.5. The second kappa shape index (κ2) is 5.58. The monoisotopic (exact) mass is 252 g/mol. The van der Waals surface area contributed by atoms with Crippen LogP contribution in [0.2, 0.25) is 0 Å². The smallest absolute Gasteiger partial charge is 0.0834 e. The Labute approximate surface area is 115 Å². The minimum atomic E-state index is 0.232. The summed E-state index contributed by atoms with van der Waals surface area (Å²) in [6.45, 7) is 2.19. The molecular weight excluding hydrogens is 232 g/mol. The molecule has 2 aromatic rings. The molecule has 0 amide bonds. The molecule has 0 bridgehead atoms. The highest BCUT2D eigenvalue weighted by molar-refractivity contribution is 5.23. The number of hydrogen-bond acceptors (Lipinski definition) is 1. The predicted octanol–water partition coefficient (Wildman–Crippen LogP) is 4.71. The fourth-order valence-electron chi connectivity index (χ4n) is 3.03. The van der Waals surface area contributed by atoms with Gasteiger partial charge in [0.2, 0.25) is 0 Å². The van der Waals surface area contributed by atoms with Crippen LogP contribution in [0.4, 0.5) is 0 Å². The molecule has 98 valence electrons. The van der Waals surface area contributed by atoms with Crippen LogP contribution in [0.3, 0.4) is 0 Å². The van der Waals surface area contributed by atoms with Gasteiger partial charge in [0.05, 0.1) is 12.2 Å². The molecule has 19 heavy (non-hydrogen) atoms. The van der Waals surface area contributed by atoms with E-state index in [1.165, 1.54) is 11.1 Å². The van der Waals surface area contributed by atoms with Crippen molar-refractivity contribution in [3.8, 4) is 0 Å². The van der Waals surface area contributed by atoms with Crippen LogP contribution in [0.25, 0.3) is 0 Å². The van der Waals surface area contributed by atoms with E-state index in [-0.39, 0.29) is 6.10 Å². The summed E-state index contributed by atoms with van der Waals surface area (Å²) in [4.78, 5) is 0. The van der Waals surface area contributed by atoms with Crippen molar-refractivity contribution >= 4 is 0 Å². The van der Waals surface area contributed by atoms with E-state index in [2.05, 4.69) is 67.6 Å². The maximum absolute atomic E-state index is 6.12. The molecule has 0 unspecified atom stereocenters. The first-order valence-electron chi connectivity index (χ1n) is 7.08. The van der Waals surface area contributed by atoms with E-state index in [1.807, 2.05) is 0 Å². The standard InChI is InChI=1S/C18H20O/c1-14-12-17(15-8-4-2-5-9-15)13-18(19-14)16-10-6-3-7-11-16/h2-11,14,17-18H,12-13H2,1H3/t14-,17+,18+/m0/s1. The largest absolute Gasteiger partial charge is 0.371 e. The molecule has 1 nitrogen and oxygen atoms in total. The average molecular weight is 252 g/mol. The Morgan fingerprint density at radius 3 is 2.00 bits per heavy atom. The predicted molar refractivity (Wildman–Crippen MR) is 78.1 cm³/mol. The molecule has 0 radical (unpaired) electrons. The molecule has 1 aliphatic heterocycles. The van der Waals surface area contributed by atoms with Crippen LogP contribution in [0.5, 0.6) is 0 Å². The molecule has 0 aliphatic carbocycles. The first kappa shape index (κ1) is 12.4. The van der Waals surface area contributed by atoms with E-state index in [0.29, 0.717) is 12.0 Å². The Kier molecular flexibility index (Phi) is 3.65. The molecule has 0 spiro atoms. The number of benzene rings is 2. The molecule has 1 fully saturated rings. The lowest BCUT2D eigenvalue weighted by Gasteiger charge is -2.34. The molecule has 0 saturated carbocycles. The summed E-state index contributed by atoms with van der Waals surface area (Å²) >= 11 is 0. The molecule has 0 aromatic heterocycles. The van der Waals surface area contributed by atoms with Gasteiger partial charge in [-0.2, -0.15) is 0 Å². The summed E-state index contributed by atoms with van der Waals surface area (Å²) in [5.41, 5.74) is 2.74. The Morgan fingerprint density at radius 2 is 1.37 bits per heavy atom. The first-order chi connectivity index (χ1) is 9.33. The molecule has 2 aromatic carbocycles. The summed E-state index contributed by atoms with van der Waals surface area (Å²) in [5.74, 6) is 0.607. The fourth-order valence-corrected chi connectivity index (χ4v) is 3.03. The molecule has 1 aliphatic rings. The maximum Gasteiger partial charge on any atom is 0.0834 e. The van der Waals surface area contributed by atoms with Gasteiger partial charge in [0.25, 0.3) is 0 Å². The fraction of sp³-hybridized carbons (Fsp3) is 0.333. The minimum absolute atomic E-state index is 0.232. The van der Waals surface area contributed by atoms with Gasteiger partial charge in [-0.3, -0.25) is 0 Å². The third-order valence-corrected chi connectivity index (χ3v) is 3.95.